The van der Waals surface area contributed by atoms with Crippen LogP contribution in [0.25, 0.3) is 0 Å². The molecule has 0 heterocycles. The number of hydrogen-bond donors (Lipinski definition) is 1. The summed E-state index contributed by atoms with van der Waals surface area (Å²) >= 11 is 0. The van der Waals surface area contributed by atoms with Gasteiger partial charge in [0.2, 0.25) is 0 Å². The van der Waals surface area contributed by atoms with E-state index in [0.29, 0.717) is 0 Å². The van der Waals surface area contributed by atoms with Crippen LogP contribution in [0, 0.1) is 5.92 Å². The predicted octanol–water partition coefficient (Wildman–Crippen LogP) is 2.96. The zero-order chi connectivity index (χ0) is 13.9. The summed E-state index contributed by atoms with van der Waals surface area (Å²) in [6, 6.07) is 10.0. The summed E-state index contributed by atoms with van der Waals surface area (Å²) in [7, 11) is 1.45. The smallest absolute Gasteiger partial charge is 0.308 e. The molecule has 1 aromatic rings. The van der Waals surface area contributed by atoms with E-state index in [1.54, 1.807) is 0 Å². The molecule has 0 aliphatic rings. The van der Waals surface area contributed by atoms with Crippen LogP contribution < -0.4 is 0 Å². The lowest BCUT2D eigenvalue weighted by Crippen LogP contribution is -2.18. The molecule has 0 bridgehead atoms. The Morgan fingerprint density at radius 3 is 2.47 bits per heavy atom. The molecule has 0 radical (unpaired) electrons. The number of rotatable bonds is 9. The van der Waals surface area contributed by atoms with Gasteiger partial charge in [0, 0.05) is 6.61 Å². The van der Waals surface area contributed by atoms with Gasteiger partial charge in [-0.15, -0.1) is 0 Å². The average molecular weight is 264 g/mol. The van der Waals surface area contributed by atoms with Crippen molar-refractivity contribution in [3.05, 3.63) is 35.9 Å². The van der Waals surface area contributed by atoms with Gasteiger partial charge in [-0.3, -0.25) is 4.79 Å². The summed E-state index contributed by atoms with van der Waals surface area (Å²) in [6.45, 7) is 0.254. The second kappa shape index (κ2) is 9.56. The number of methoxy groups -OCH3 is 1. The molecule has 106 valence electrons. The van der Waals surface area contributed by atoms with Gasteiger partial charge in [-0.25, -0.2) is 0 Å². The van der Waals surface area contributed by atoms with Crippen LogP contribution in [0.5, 0.6) is 0 Å². The van der Waals surface area contributed by atoms with Gasteiger partial charge in [-0.1, -0.05) is 49.6 Å². The third-order valence-electron chi connectivity index (χ3n) is 3.32. The highest BCUT2D eigenvalue weighted by Gasteiger charge is 2.18. The second-order valence-corrected chi connectivity index (χ2v) is 4.84. The van der Waals surface area contributed by atoms with Crippen LogP contribution in [0.3, 0.4) is 0 Å². The fraction of sp³-hybridized carbons (Fsp3) is 0.562. The van der Waals surface area contributed by atoms with Crippen molar-refractivity contribution in [1.29, 1.82) is 0 Å². The van der Waals surface area contributed by atoms with Crippen LogP contribution >= 0.6 is 0 Å². The average Bonchev–Trinajstić information content (AvgIpc) is 2.46. The molecular formula is C16H24O3. The van der Waals surface area contributed by atoms with Crippen molar-refractivity contribution >= 4 is 5.97 Å². The number of benzene rings is 1. The molecule has 1 N–H and O–H groups in total. The summed E-state index contributed by atoms with van der Waals surface area (Å²) < 4.78 is 4.88. The lowest BCUT2D eigenvalue weighted by Gasteiger charge is -2.14. The minimum Gasteiger partial charge on any atom is -0.469 e. The van der Waals surface area contributed by atoms with Crippen LogP contribution in [-0.2, 0) is 16.0 Å². The summed E-state index contributed by atoms with van der Waals surface area (Å²) in [5, 5.41) is 8.72. The molecule has 3 heteroatoms. The van der Waals surface area contributed by atoms with Crippen LogP contribution in [0.15, 0.2) is 30.3 Å². The van der Waals surface area contributed by atoms with Crippen molar-refractivity contribution < 1.29 is 14.6 Å². The summed E-state index contributed by atoms with van der Waals surface area (Å²) in [4.78, 5) is 11.8. The number of unbranched alkanes of at least 4 members (excludes halogenated alkanes) is 3. The van der Waals surface area contributed by atoms with Gasteiger partial charge in [0.1, 0.15) is 0 Å². The van der Waals surface area contributed by atoms with Crippen LogP contribution in [-0.4, -0.2) is 24.8 Å². The van der Waals surface area contributed by atoms with E-state index >= 15 is 0 Å². The van der Waals surface area contributed by atoms with Crippen molar-refractivity contribution in [3.8, 4) is 0 Å². The molecule has 1 atom stereocenters. The number of esters is 1. The monoisotopic (exact) mass is 264 g/mol. The maximum Gasteiger partial charge on any atom is 0.308 e. The highest BCUT2D eigenvalue weighted by molar-refractivity contribution is 5.72. The van der Waals surface area contributed by atoms with E-state index in [1.165, 1.54) is 12.7 Å². The summed E-state index contributed by atoms with van der Waals surface area (Å²) in [5.74, 6) is -0.174. The van der Waals surface area contributed by atoms with Gasteiger partial charge in [-0.2, -0.15) is 0 Å². The molecular weight excluding hydrogens is 240 g/mol. The lowest BCUT2D eigenvalue weighted by molar-refractivity contribution is -0.145. The number of carbonyl (C=O) groups is 1. The highest BCUT2D eigenvalue weighted by atomic mass is 16.5. The van der Waals surface area contributed by atoms with Crippen LogP contribution in [0.2, 0.25) is 0 Å². The molecule has 0 amide bonds. The van der Waals surface area contributed by atoms with E-state index in [2.05, 4.69) is 0 Å². The van der Waals surface area contributed by atoms with E-state index in [-0.39, 0.29) is 18.5 Å². The fourth-order valence-electron chi connectivity index (χ4n) is 2.22. The largest absolute Gasteiger partial charge is 0.469 e. The first kappa shape index (κ1) is 15.7. The van der Waals surface area contributed by atoms with Crippen molar-refractivity contribution in [1.82, 2.24) is 0 Å². The molecule has 0 aromatic heterocycles. The third-order valence-corrected chi connectivity index (χ3v) is 3.32. The fourth-order valence-corrected chi connectivity index (χ4v) is 2.22. The molecule has 1 rings (SSSR count). The van der Waals surface area contributed by atoms with Crippen LogP contribution in [0.4, 0.5) is 0 Å². The van der Waals surface area contributed by atoms with E-state index in [1.807, 2.05) is 30.3 Å². The zero-order valence-electron chi connectivity index (χ0n) is 11.7. The van der Waals surface area contributed by atoms with Gasteiger partial charge >= 0.3 is 5.97 Å². The van der Waals surface area contributed by atoms with Gasteiger partial charge < -0.3 is 9.84 Å². The first-order valence-corrected chi connectivity index (χ1v) is 7.00. The van der Waals surface area contributed by atoms with Gasteiger partial charge in [-0.05, 0) is 24.8 Å². The lowest BCUT2D eigenvalue weighted by atomic mass is 9.93. The number of hydrogen-bond acceptors (Lipinski definition) is 3. The van der Waals surface area contributed by atoms with E-state index in [4.69, 9.17) is 9.84 Å². The van der Waals surface area contributed by atoms with Gasteiger partial charge in [0.25, 0.3) is 0 Å². The van der Waals surface area contributed by atoms with Crippen molar-refractivity contribution in [3.63, 3.8) is 0 Å². The molecule has 1 unspecified atom stereocenters. The normalized spacial score (nSPS) is 12.1. The maximum atomic E-state index is 11.8. The SMILES string of the molecule is COC(=O)C(CCCCCCO)Cc1ccccc1. The first-order valence-electron chi connectivity index (χ1n) is 7.00. The standard InChI is InChI=1S/C16H24O3/c1-19-16(18)15(11-7-2-3-8-12-17)13-14-9-5-4-6-10-14/h4-6,9-10,15,17H,2-3,7-8,11-13H2,1H3. The molecule has 0 aliphatic heterocycles. The Labute approximate surface area is 115 Å². The maximum absolute atomic E-state index is 11.8. The Balaban J connectivity index is 2.41. The van der Waals surface area contributed by atoms with Crippen molar-refractivity contribution in [2.45, 2.75) is 38.5 Å². The Morgan fingerprint density at radius 2 is 1.84 bits per heavy atom. The summed E-state index contributed by atoms with van der Waals surface area (Å²) in [6.07, 6.45) is 5.53. The molecule has 0 spiro atoms. The molecule has 19 heavy (non-hydrogen) atoms. The second-order valence-electron chi connectivity index (χ2n) is 4.84. The predicted molar refractivity (Wildman–Crippen MR) is 75.8 cm³/mol. The minimum atomic E-state index is -0.119. The van der Waals surface area contributed by atoms with E-state index in [0.717, 1.165) is 38.5 Å². The van der Waals surface area contributed by atoms with E-state index < -0.39 is 0 Å². The van der Waals surface area contributed by atoms with Crippen LogP contribution in [0.1, 0.15) is 37.7 Å². The molecule has 0 saturated heterocycles. The third kappa shape index (κ3) is 6.39. The first-order chi connectivity index (χ1) is 9.27. The summed E-state index contributed by atoms with van der Waals surface area (Å²) in [5.41, 5.74) is 1.17. The number of aliphatic hydroxyl groups is 1. The minimum absolute atomic E-state index is 0.0541. The molecule has 1 aromatic carbocycles. The molecule has 0 saturated carbocycles. The van der Waals surface area contributed by atoms with Crippen molar-refractivity contribution in [2.75, 3.05) is 13.7 Å². The molecule has 3 nitrogen and oxygen atoms in total. The number of aliphatic hydroxyl groups excluding tert-OH is 1. The number of carbonyl (C=O) groups excluding carboxylic acids is 1. The zero-order valence-corrected chi connectivity index (χ0v) is 11.7. The molecule has 0 aliphatic carbocycles. The highest BCUT2D eigenvalue weighted by Crippen LogP contribution is 2.17. The van der Waals surface area contributed by atoms with E-state index in [9.17, 15) is 4.79 Å². The topological polar surface area (TPSA) is 46.5 Å². The quantitative estimate of drug-likeness (QED) is 0.551. The van der Waals surface area contributed by atoms with Gasteiger partial charge in [0.15, 0.2) is 0 Å². The Kier molecular flexibility index (Phi) is 7.91. The Bertz CT molecular complexity index is 348. The van der Waals surface area contributed by atoms with Gasteiger partial charge in [0.05, 0.1) is 13.0 Å². The molecule has 0 fully saturated rings. The van der Waals surface area contributed by atoms with Crippen molar-refractivity contribution in [2.24, 2.45) is 5.92 Å². The Morgan fingerprint density at radius 1 is 1.16 bits per heavy atom. The number of ether oxygens (including phenoxy) is 1. The Hall–Kier alpha value is -1.35.